The van der Waals surface area contributed by atoms with E-state index in [2.05, 4.69) is 6.07 Å². The van der Waals surface area contributed by atoms with Gasteiger partial charge in [0.1, 0.15) is 24.2 Å². The smallest absolute Gasteiger partial charge is 0.137 e. The molecule has 0 aliphatic heterocycles. The summed E-state index contributed by atoms with van der Waals surface area (Å²) in [6.45, 7) is 2.11. The molecule has 0 fully saturated rings. The highest BCUT2D eigenvalue weighted by atomic mass is 16.5. The second-order valence-corrected chi connectivity index (χ2v) is 4.68. The lowest BCUT2D eigenvalue weighted by molar-refractivity contribution is 0.199. The lowest BCUT2D eigenvalue weighted by Gasteiger charge is -2.10. The third kappa shape index (κ3) is 3.74. The minimum Gasteiger partial charge on any atom is -0.495 e. The first-order valence-electron chi connectivity index (χ1n) is 6.62. The molecule has 21 heavy (non-hydrogen) atoms. The standard InChI is InChI=1S/C17H17NO3/c1-12(19)14-5-7-16(8-6-14)21-11-13-3-4-15(10-18)17(9-13)20-2/h3-9,12,19H,11H2,1-2H3/t12-/m0/s1. The molecule has 2 aromatic rings. The van der Waals surface area contributed by atoms with Crippen molar-refractivity contribution in [3.63, 3.8) is 0 Å². The third-order valence-corrected chi connectivity index (χ3v) is 3.15. The van der Waals surface area contributed by atoms with Gasteiger partial charge in [0.25, 0.3) is 0 Å². The van der Waals surface area contributed by atoms with E-state index < -0.39 is 6.10 Å². The molecule has 0 aliphatic rings. The van der Waals surface area contributed by atoms with Crippen molar-refractivity contribution in [1.82, 2.24) is 0 Å². The van der Waals surface area contributed by atoms with Gasteiger partial charge in [0.05, 0.1) is 18.8 Å². The van der Waals surface area contributed by atoms with Crippen LogP contribution < -0.4 is 9.47 Å². The fourth-order valence-electron chi connectivity index (χ4n) is 1.93. The van der Waals surface area contributed by atoms with Gasteiger partial charge in [-0.1, -0.05) is 18.2 Å². The van der Waals surface area contributed by atoms with E-state index in [4.69, 9.17) is 14.7 Å². The molecule has 0 aromatic heterocycles. The fraction of sp³-hybridized carbons (Fsp3) is 0.235. The molecule has 0 unspecified atom stereocenters. The first-order valence-corrected chi connectivity index (χ1v) is 6.62. The van der Waals surface area contributed by atoms with Gasteiger partial charge in [-0.2, -0.15) is 5.26 Å². The number of methoxy groups -OCH3 is 1. The minimum atomic E-state index is -0.484. The number of hydrogen-bond donors (Lipinski definition) is 1. The number of ether oxygens (including phenoxy) is 2. The van der Waals surface area contributed by atoms with Crippen molar-refractivity contribution in [3.05, 3.63) is 59.2 Å². The number of nitrogens with zero attached hydrogens (tertiary/aromatic N) is 1. The Morgan fingerprint density at radius 1 is 1.19 bits per heavy atom. The van der Waals surface area contributed by atoms with Gasteiger partial charge in [-0.05, 0) is 42.3 Å². The summed E-state index contributed by atoms with van der Waals surface area (Å²) in [7, 11) is 1.54. The van der Waals surface area contributed by atoms with E-state index >= 15 is 0 Å². The van der Waals surface area contributed by atoms with Crippen LogP contribution in [0.2, 0.25) is 0 Å². The van der Waals surface area contributed by atoms with Crippen LogP contribution in [0.5, 0.6) is 11.5 Å². The monoisotopic (exact) mass is 283 g/mol. The topological polar surface area (TPSA) is 62.5 Å². The Morgan fingerprint density at radius 3 is 2.48 bits per heavy atom. The van der Waals surface area contributed by atoms with Gasteiger partial charge in [-0.25, -0.2) is 0 Å². The summed E-state index contributed by atoms with van der Waals surface area (Å²) in [6.07, 6.45) is -0.484. The molecule has 1 N–H and O–H groups in total. The number of nitriles is 1. The summed E-state index contributed by atoms with van der Waals surface area (Å²) >= 11 is 0. The average Bonchev–Trinajstić information content (AvgIpc) is 2.52. The predicted molar refractivity (Wildman–Crippen MR) is 79.1 cm³/mol. The van der Waals surface area contributed by atoms with Gasteiger partial charge in [0, 0.05) is 0 Å². The van der Waals surface area contributed by atoms with Crippen molar-refractivity contribution in [1.29, 1.82) is 5.26 Å². The van der Waals surface area contributed by atoms with Crippen molar-refractivity contribution < 1.29 is 14.6 Å². The maximum Gasteiger partial charge on any atom is 0.137 e. The Kier molecular flexibility index (Phi) is 4.81. The van der Waals surface area contributed by atoms with E-state index in [1.54, 1.807) is 19.1 Å². The molecule has 2 aromatic carbocycles. The highest BCUT2D eigenvalue weighted by Crippen LogP contribution is 2.22. The SMILES string of the molecule is COc1cc(COc2ccc([C@H](C)O)cc2)ccc1C#N. The van der Waals surface area contributed by atoms with Gasteiger partial charge in [0.15, 0.2) is 0 Å². The summed E-state index contributed by atoms with van der Waals surface area (Å²) in [5, 5.41) is 18.4. The molecule has 0 bridgehead atoms. The molecule has 0 saturated carbocycles. The zero-order valence-electron chi connectivity index (χ0n) is 12.0. The van der Waals surface area contributed by atoms with Crippen LogP contribution in [-0.4, -0.2) is 12.2 Å². The van der Waals surface area contributed by atoms with E-state index in [9.17, 15) is 5.11 Å². The average molecular weight is 283 g/mol. The van der Waals surface area contributed by atoms with Crippen LogP contribution in [0.25, 0.3) is 0 Å². The minimum absolute atomic E-state index is 0.385. The van der Waals surface area contributed by atoms with Crippen molar-refractivity contribution in [2.75, 3.05) is 7.11 Å². The largest absolute Gasteiger partial charge is 0.495 e. The summed E-state index contributed by atoms with van der Waals surface area (Å²) in [5.41, 5.74) is 2.27. The van der Waals surface area contributed by atoms with E-state index in [1.165, 1.54) is 7.11 Å². The molecule has 4 nitrogen and oxygen atoms in total. The predicted octanol–water partition coefficient (Wildman–Crippen LogP) is 3.20. The normalized spacial score (nSPS) is 11.5. The van der Waals surface area contributed by atoms with Gasteiger partial charge < -0.3 is 14.6 Å². The molecule has 0 amide bonds. The van der Waals surface area contributed by atoms with Crippen molar-refractivity contribution in [2.45, 2.75) is 19.6 Å². The van der Waals surface area contributed by atoms with E-state index in [-0.39, 0.29) is 0 Å². The molecule has 0 spiro atoms. The van der Waals surface area contributed by atoms with E-state index in [0.717, 1.165) is 16.9 Å². The Bertz CT molecular complexity index is 642. The number of aliphatic hydroxyl groups is 1. The molecule has 0 aliphatic carbocycles. The van der Waals surface area contributed by atoms with Crippen LogP contribution in [0, 0.1) is 11.3 Å². The number of hydrogen-bond acceptors (Lipinski definition) is 4. The van der Waals surface area contributed by atoms with Crippen LogP contribution in [0.3, 0.4) is 0 Å². The molecule has 4 heteroatoms. The van der Waals surface area contributed by atoms with Gasteiger partial charge >= 0.3 is 0 Å². The second kappa shape index (κ2) is 6.78. The first-order chi connectivity index (χ1) is 10.1. The highest BCUT2D eigenvalue weighted by Gasteiger charge is 2.05. The van der Waals surface area contributed by atoms with Crippen molar-refractivity contribution >= 4 is 0 Å². The van der Waals surface area contributed by atoms with Crippen molar-refractivity contribution in [2.24, 2.45) is 0 Å². The quantitative estimate of drug-likeness (QED) is 0.915. The van der Waals surface area contributed by atoms with E-state index in [0.29, 0.717) is 17.9 Å². The number of rotatable bonds is 5. The lowest BCUT2D eigenvalue weighted by Crippen LogP contribution is -1.98. The van der Waals surface area contributed by atoms with Crippen LogP contribution >= 0.6 is 0 Å². The molecule has 0 saturated heterocycles. The summed E-state index contributed by atoms with van der Waals surface area (Å²) in [4.78, 5) is 0. The molecular formula is C17H17NO3. The molecule has 2 rings (SSSR count). The Morgan fingerprint density at radius 2 is 1.90 bits per heavy atom. The third-order valence-electron chi connectivity index (χ3n) is 3.15. The zero-order chi connectivity index (χ0) is 15.2. The molecule has 0 heterocycles. The Balaban J connectivity index is 2.04. The fourth-order valence-corrected chi connectivity index (χ4v) is 1.93. The van der Waals surface area contributed by atoms with Crippen LogP contribution in [0.1, 0.15) is 29.7 Å². The summed E-state index contributed by atoms with van der Waals surface area (Å²) in [5.74, 6) is 1.27. The first kappa shape index (κ1) is 14.9. The number of aliphatic hydroxyl groups excluding tert-OH is 1. The zero-order valence-corrected chi connectivity index (χ0v) is 12.0. The van der Waals surface area contributed by atoms with Gasteiger partial charge in [-0.15, -0.1) is 0 Å². The van der Waals surface area contributed by atoms with Gasteiger partial charge in [0.2, 0.25) is 0 Å². The van der Waals surface area contributed by atoms with Crippen LogP contribution in [0.15, 0.2) is 42.5 Å². The van der Waals surface area contributed by atoms with Gasteiger partial charge in [-0.3, -0.25) is 0 Å². The highest BCUT2D eigenvalue weighted by molar-refractivity contribution is 5.45. The van der Waals surface area contributed by atoms with Crippen LogP contribution in [0.4, 0.5) is 0 Å². The lowest BCUT2D eigenvalue weighted by atomic mass is 10.1. The summed E-state index contributed by atoms with van der Waals surface area (Å²) in [6, 6.07) is 14.7. The molecule has 0 radical (unpaired) electrons. The second-order valence-electron chi connectivity index (χ2n) is 4.68. The molecular weight excluding hydrogens is 266 g/mol. The molecule has 1 atom stereocenters. The number of benzene rings is 2. The van der Waals surface area contributed by atoms with Crippen LogP contribution in [-0.2, 0) is 6.61 Å². The maximum absolute atomic E-state index is 9.45. The maximum atomic E-state index is 9.45. The van der Waals surface area contributed by atoms with E-state index in [1.807, 2.05) is 30.3 Å². The van der Waals surface area contributed by atoms with Crippen molar-refractivity contribution in [3.8, 4) is 17.6 Å². The Hall–Kier alpha value is -2.51. The summed E-state index contributed by atoms with van der Waals surface area (Å²) < 4.78 is 10.8. The molecule has 108 valence electrons. The Labute approximate surface area is 124 Å².